The van der Waals surface area contributed by atoms with Crippen molar-refractivity contribution in [3.05, 3.63) is 29.8 Å². The standard InChI is InChI=1S/C24H26Br2N2O7/c1-11(2)9-35-24(33)12-3-5-13(6-4-12)27-16(29)10-34-17(30)8-28-22(31)18-14-7-15(19(18)23(28)32)21(26)20(14)25/h3-6,11,14-15,18-21H,7-10H2,1-2H3,(H,27,29)/t14-,15-,18-,19-,20+,21+/m1/s1. The van der Waals surface area contributed by atoms with E-state index in [2.05, 4.69) is 37.2 Å². The molecule has 11 heteroatoms. The Bertz CT molecular complexity index is 1010. The molecule has 0 radical (unpaired) electrons. The molecule has 0 unspecified atom stereocenters. The van der Waals surface area contributed by atoms with E-state index in [1.54, 1.807) is 0 Å². The van der Waals surface area contributed by atoms with E-state index < -0.39 is 42.8 Å². The number of carbonyl (C=O) groups is 5. The maximum Gasteiger partial charge on any atom is 0.338 e. The smallest absolute Gasteiger partial charge is 0.338 e. The molecule has 1 aromatic rings. The maximum atomic E-state index is 12.9. The van der Waals surface area contributed by atoms with Crippen LogP contribution in [0.1, 0.15) is 30.6 Å². The van der Waals surface area contributed by atoms with Crippen molar-refractivity contribution >= 4 is 67.2 Å². The number of rotatable bonds is 8. The second-order valence-electron chi connectivity index (χ2n) is 9.54. The molecule has 1 saturated heterocycles. The zero-order valence-corrected chi connectivity index (χ0v) is 22.4. The SMILES string of the molecule is CC(C)COC(=O)c1ccc(NC(=O)COC(=O)CN2C(=O)[C@@H]3[C@H]4C[C@@H]([C@H](Br)[C@H]4Br)[C@H]3C2=O)cc1. The Morgan fingerprint density at radius 3 is 2.11 bits per heavy atom. The molecule has 6 atom stereocenters. The van der Waals surface area contributed by atoms with Crippen LogP contribution in [0, 0.1) is 29.6 Å². The van der Waals surface area contributed by atoms with E-state index in [4.69, 9.17) is 9.47 Å². The summed E-state index contributed by atoms with van der Waals surface area (Å²) in [6.07, 6.45) is 0.803. The first-order chi connectivity index (χ1) is 16.6. The van der Waals surface area contributed by atoms with Crippen LogP contribution >= 0.6 is 31.9 Å². The molecule has 9 nitrogen and oxygen atoms in total. The number of anilines is 1. The van der Waals surface area contributed by atoms with Crippen molar-refractivity contribution in [1.82, 2.24) is 4.90 Å². The van der Waals surface area contributed by atoms with Crippen LogP contribution in [0.25, 0.3) is 0 Å². The lowest BCUT2D eigenvalue weighted by Crippen LogP contribution is -2.38. The predicted molar refractivity (Wildman–Crippen MR) is 132 cm³/mol. The average Bonchev–Trinajstić information content (AvgIpc) is 3.43. The van der Waals surface area contributed by atoms with Crippen LogP contribution in [0.4, 0.5) is 5.69 Å². The molecule has 1 heterocycles. The Kier molecular flexibility index (Phi) is 7.65. The average molecular weight is 614 g/mol. The first kappa shape index (κ1) is 25.8. The number of imide groups is 1. The highest BCUT2D eigenvalue weighted by Gasteiger charge is 2.66. The number of halogens is 2. The van der Waals surface area contributed by atoms with Gasteiger partial charge in [-0.2, -0.15) is 0 Å². The zero-order valence-electron chi connectivity index (χ0n) is 19.2. The minimum absolute atomic E-state index is 0.0565. The zero-order chi connectivity index (χ0) is 25.4. The Morgan fingerprint density at radius 2 is 1.57 bits per heavy atom. The Hall–Kier alpha value is -2.27. The van der Waals surface area contributed by atoms with Crippen LogP contribution in [0.3, 0.4) is 0 Å². The van der Waals surface area contributed by atoms with Gasteiger partial charge < -0.3 is 14.8 Å². The molecule has 35 heavy (non-hydrogen) atoms. The van der Waals surface area contributed by atoms with Gasteiger partial charge in [-0.3, -0.25) is 24.1 Å². The molecule has 3 amide bonds. The highest BCUT2D eigenvalue weighted by molar-refractivity contribution is 9.12. The third-order valence-corrected chi connectivity index (χ3v) is 9.89. The predicted octanol–water partition coefficient (Wildman–Crippen LogP) is 2.76. The molecule has 2 saturated carbocycles. The van der Waals surface area contributed by atoms with Gasteiger partial charge in [-0.25, -0.2) is 4.79 Å². The molecule has 188 valence electrons. The molecular weight excluding hydrogens is 588 g/mol. The van der Waals surface area contributed by atoms with Gasteiger partial charge in [-0.1, -0.05) is 45.7 Å². The van der Waals surface area contributed by atoms with Crippen LogP contribution in [0.2, 0.25) is 0 Å². The number of fused-ring (bicyclic) bond motifs is 5. The largest absolute Gasteiger partial charge is 0.462 e. The molecular formula is C24H26Br2N2O7. The van der Waals surface area contributed by atoms with Crippen molar-refractivity contribution in [3.8, 4) is 0 Å². The van der Waals surface area contributed by atoms with Crippen molar-refractivity contribution in [1.29, 1.82) is 0 Å². The summed E-state index contributed by atoms with van der Waals surface area (Å²) in [5, 5.41) is 2.56. The Labute approximate surface area is 219 Å². The van der Waals surface area contributed by atoms with E-state index in [9.17, 15) is 24.0 Å². The summed E-state index contributed by atoms with van der Waals surface area (Å²) in [6, 6.07) is 6.12. The first-order valence-electron chi connectivity index (χ1n) is 11.4. The molecule has 3 aliphatic rings. The van der Waals surface area contributed by atoms with Crippen LogP contribution in [-0.4, -0.2) is 64.0 Å². The van der Waals surface area contributed by atoms with Gasteiger partial charge >= 0.3 is 11.9 Å². The second-order valence-corrected chi connectivity index (χ2v) is 11.7. The Morgan fingerprint density at radius 1 is 1.00 bits per heavy atom. The minimum atomic E-state index is -0.830. The molecule has 2 bridgehead atoms. The molecule has 1 aliphatic heterocycles. The summed E-state index contributed by atoms with van der Waals surface area (Å²) in [5.41, 5.74) is 0.763. The highest BCUT2D eigenvalue weighted by Crippen LogP contribution is 2.60. The number of nitrogens with one attached hydrogen (secondary N) is 1. The maximum absolute atomic E-state index is 12.9. The van der Waals surface area contributed by atoms with Gasteiger partial charge in [0.05, 0.1) is 24.0 Å². The molecule has 1 N–H and O–H groups in total. The molecule has 0 aromatic heterocycles. The third kappa shape index (κ3) is 5.16. The monoisotopic (exact) mass is 612 g/mol. The van der Waals surface area contributed by atoms with E-state index in [1.165, 1.54) is 24.3 Å². The van der Waals surface area contributed by atoms with Crippen LogP contribution in [0.5, 0.6) is 0 Å². The van der Waals surface area contributed by atoms with Crippen LogP contribution < -0.4 is 5.32 Å². The number of esters is 2. The fourth-order valence-electron chi connectivity index (χ4n) is 5.10. The summed E-state index contributed by atoms with van der Waals surface area (Å²) < 4.78 is 10.1. The normalized spacial score (nSPS) is 28.9. The van der Waals surface area contributed by atoms with Crippen LogP contribution in [0.15, 0.2) is 24.3 Å². The van der Waals surface area contributed by atoms with E-state index in [-0.39, 0.29) is 39.2 Å². The number of hydrogen-bond donors (Lipinski definition) is 1. The van der Waals surface area contributed by atoms with Gasteiger partial charge in [0.2, 0.25) is 11.8 Å². The van der Waals surface area contributed by atoms with Crippen molar-refractivity contribution in [3.63, 3.8) is 0 Å². The topological polar surface area (TPSA) is 119 Å². The van der Waals surface area contributed by atoms with Gasteiger partial charge in [0, 0.05) is 15.3 Å². The fraction of sp³-hybridized carbons (Fsp3) is 0.542. The highest BCUT2D eigenvalue weighted by atomic mass is 79.9. The van der Waals surface area contributed by atoms with Crippen molar-refractivity contribution < 1.29 is 33.4 Å². The second kappa shape index (κ2) is 10.4. The number of nitrogens with zero attached hydrogens (tertiary/aromatic N) is 1. The summed E-state index contributed by atoms with van der Waals surface area (Å²) in [7, 11) is 0. The van der Waals surface area contributed by atoms with E-state index in [0.717, 1.165) is 11.3 Å². The van der Waals surface area contributed by atoms with Gasteiger partial charge in [0.15, 0.2) is 6.61 Å². The number of likely N-dealkylation sites (tertiary alicyclic amines) is 1. The lowest BCUT2D eigenvalue weighted by Gasteiger charge is -2.28. The quantitative estimate of drug-likeness (QED) is 0.272. The molecule has 0 spiro atoms. The molecule has 1 aromatic carbocycles. The van der Waals surface area contributed by atoms with Crippen molar-refractivity contribution in [2.45, 2.75) is 29.9 Å². The molecule has 4 rings (SSSR count). The van der Waals surface area contributed by atoms with Crippen LogP contribution in [-0.2, 0) is 28.7 Å². The van der Waals surface area contributed by atoms with Gasteiger partial charge in [0.25, 0.3) is 5.91 Å². The minimum Gasteiger partial charge on any atom is -0.462 e. The summed E-state index contributed by atoms with van der Waals surface area (Å²) >= 11 is 7.24. The fourth-order valence-corrected chi connectivity index (χ4v) is 6.97. The number of carbonyl (C=O) groups excluding carboxylic acids is 5. The molecule has 2 aliphatic carbocycles. The third-order valence-electron chi connectivity index (χ3n) is 6.68. The van der Waals surface area contributed by atoms with Gasteiger partial charge in [0.1, 0.15) is 6.54 Å². The lowest BCUT2D eigenvalue weighted by molar-refractivity contribution is -0.154. The summed E-state index contributed by atoms with van der Waals surface area (Å²) in [6.45, 7) is 3.10. The van der Waals surface area contributed by atoms with E-state index in [0.29, 0.717) is 17.9 Å². The van der Waals surface area contributed by atoms with E-state index in [1.807, 2.05) is 13.8 Å². The number of hydrogen-bond acceptors (Lipinski definition) is 7. The number of alkyl halides is 2. The molecule has 3 fully saturated rings. The van der Waals surface area contributed by atoms with Gasteiger partial charge in [-0.15, -0.1) is 0 Å². The number of amides is 3. The van der Waals surface area contributed by atoms with Gasteiger partial charge in [-0.05, 0) is 48.4 Å². The lowest BCUT2D eigenvalue weighted by atomic mass is 9.81. The van der Waals surface area contributed by atoms with E-state index >= 15 is 0 Å². The number of benzene rings is 1. The Balaban J connectivity index is 1.24. The van der Waals surface area contributed by atoms with Crippen molar-refractivity contribution in [2.24, 2.45) is 29.6 Å². The number of ether oxygens (including phenoxy) is 2. The van der Waals surface area contributed by atoms with Crippen molar-refractivity contribution in [2.75, 3.05) is 25.1 Å². The summed E-state index contributed by atoms with van der Waals surface area (Å²) in [5.74, 6) is -3.04. The first-order valence-corrected chi connectivity index (χ1v) is 13.3. The summed E-state index contributed by atoms with van der Waals surface area (Å²) in [4.78, 5) is 63.3.